The maximum atomic E-state index is 11.6. The number of likely N-dealkylation sites (N-methyl/N-ethyl adjacent to an activating group) is 1. The Labute approximate surface area is 164 Å². The van der Waals surface area contributed by atoms with E-state index in [2.05, 4.69) is 63.0 Å². The molecule has 158 valence electrons. The first kappa shape index (κ1) is 25.8. The van der Waals surface area contributed by atoms with E-state index in [-0.39, 0.29) is 5.41 Å². The molecule has 0 aliphatic carbocycles. The summed E-state index contributed by atoms with van der Waals surface area (Å²) < 4.78 is 26.0. The summed E-state index contributed by atoms with van der Waals surface area (Å²) in [5.74, 6) is 0.403. The van der Waals surface area contributed by atoms with Crippen LogP contribution in [0.25, 0.3) is 0 Å². The summed E-state index contributed by atoms with van der Waals surface area (Å²) in [4.78, 5) is 5.04. The maximum Gasteiger partial charge on any atom is 0.209 e. The highest BCUT2D eigenvalue weighted by Gasteiger charge is 2.30. The average molecular weight is 392 g/mol. The van der Waals surface area contributed by atoms with E-state index in [1.807, 2.05) is 13.8 Å². The van der Waals surface area contributed by atoms with Gasteiger partial charge in [0.05, 0.1) is 6.26 Å². The molecule has 0 aliphatic heterocycles. The third-order valence-corrected chi connectivity index (χ3v) is 6.19. The molecule has 0 radical (unpaired) electrons. The fourth-order valence-electron chi connectivity index (χ4n) is 3.68. The number of sulfonamides is 1. The molecule has 0 bridgehead atoms. The maximum absolute atomic E-state index is 11.6. The Morgan fingerprint density at radius 3 is 1.85 bits per heavy atom. The van der Waals surface area contributed by atoms with Crippen LogP contribution >= 0.6 is 0 Å². The topological polar surface area (TPSA) is 52.6 Å². The van der Waals surface area contributed by atoms with Gasteiger partial charge in [-0.15, -0.1) is 0 Å². The summed E-state index contributed by atoms with van der Waals surface area (Å²) in [5, 5.41) is 0. The highest BCUT2D eigenvalue weighted by molar-refractivity contribution is 7.88. The van der Waals surface area contributed by atoms with Crippen molar-refractivity contribution in [2.75, 3.05) is 39.0 Å². The van der Waals surface area contributed by atoms with Crippen LogP contribution in [0.15, 0.2) is 0 Å². The lowest BCUT2D eigenvalue weighted by molar-refractivity contribution is 0.0809. The predicted octanol–water partition coefficient (Wildman–Crippen LogP) is 3.42. The zero-order valence-corrected chi connectivity index (χ0v) is 19.8. The molecule has 0 saturated carbocycles. The lowest BCUT2D eigenvalue weighted by Crippen LogP contribution is -2.49. The molecule has 1 N–H and O–H groups in total. The molecule has 0 saturated heterocycles. The fraction of sp³-hybridized carbons (Fsp3) is 1.00. The molecule has 6 heteroatoms. The van der Waals surface area contributed by atoms with E-state index in [1.54, 1.807) is 0 Å². The second-order valence-electron chi connectivity index (χ2n) is 9.63. The molecule has 0 spiro atoms. The smallest absolute Gasteiger partial charge is 0.209 e. The van der Waals surface area contributed by atoms with Crippen molar-refractivity contribution in [3.63, 3.8) is 0 Å². The average Bonchev–Trinajstić information content (AvgIpc) is 2.41. The van der Waals surface area contributed by atoms with Gasteiger partial charge in [-0.25, -0.2) is 13.1 Å². The molecule has 0 heterocycles. The van der Waals surface area contributed by atoms with Crippen molar-refractivity contribution in [3.05, 3.63) is 0 Å². The van der Waals surface area contributed by atoms with Crippen LogP contribution in [0.5, 0.6) is 0 Å². The van der Waals surface area contributed by atoms with Gasteiger partial charge in [-0.2, -0.15) is 0 Å². The fourth-order valence-corrected chi connectivity index (χ4v) is 4.77. The molecular weight excluding hydrogens is 346 g/mol. The summed E-state index contributed by atoms with van der Waals surface area (Å²) in [6.07, 6.45) is 2.05. The van der Waals surface area contributed by atoms with Crippen molar-refractivity contribution in [1.82, 2.24) is 14.5 Å². The van der Waals surface area contributed by atoms with Crippen LogP contribution in [0, 0.1) is 11.3 Å². The van der Waals surface area contributed by atoms with Crippen LogP contribution in [0.4, 0.5) is 0 Å². The van der Waals surface area contributed by atoms with E-state index in [4.69, 9.17) is 0 Å². The first-order valence-electron chi connectivity index (χ1n) is 10.1. The number of hydrogen-bond donors (Lipinski definition) is 1. The van der Waals surface area contributed by atoms with Crippen molar-refractivity contribution in [1.29, 1.82) is 0 Å². The number of nitrogens with one attached hydrogen (secondary N) is 1. The zero-order chi connectivity index (χ0) is 20.8. The van der Waals surface area contributed by atoms with Crippen molar-refractivity contribution < 1.29 is 8.42 Å². The third-order valence-electron chi connectivity index (χ3n) is 5.27. The summed E-state index contributed by atoms with van der Waals surface area (Å²) in [6, 6.07) is 0.464. The standard InChI is InChI=1S/C20H45N3O2S/c1-11-22(12-2)13-14-23(18(4)19(5,6)7)16-17(3)15-20(8,9)21-26(10,24)25/h17-18,21H,11-16H2,1-10H3. The molecule has 0 amide bonds. The van der Waals surface area contributed by atoms with Gasteiger partial charge in [0.1, 0.15) is 0 Å². The van der Waals surface area contributed by atoms with E-state index in [0.717, 1.165) is 39.1 Å². The Bertz CT molecular complexity index is 494. The van der Waals surface area contributed by atoms with Gasteiger partial charge in [-0.1, -0.05) is 41.5 Å². The van der Waals surface area contributed by atoms with Gasteiger partial charge in [0.2, 0.25) is 10.0 Å². The minimum atomic E-state index is -3.19. The van der Waals surface area contributed by atoms with Crippen LogP contribution in [0.1, 0.15) is 68.7 Å². The van der Waals surface area contributed by atoms with Gasteiger partial charge < -0.3 is 4.90 Å². The summed E-state index contributed by atoms with van der Waals surface area (Å²) >= 11 is 0. The van der Waals surface area contributed by atoms with Crippen LogP contribution in [-0.2, 0) is 10.0 Å². The van der Waals surface area contributed by atoms with Gasteiger partial charge in [0, 0.05) is 31.2 Å². The van der Waals surface area contributed by atoms with E-state index >= 15 is 0 Å². The Morgan fingerprint density at radius 1 is 0.962 bits per heavy atom. The molecule has 0 aromatic carbocycles. The summed E-state index contributed by atoms with van der Waals surface area (Å²) in [7, 11) is -3.19. The Hall–Kier alpha value is -0.170. The van der Waals surface area contributed by atoms with Crippen LogP contribution in [0.2, 0.25) is 0 Å². The van der Waals surface area contributed by atoms with Crippen molar-refractivity contribution in [3.8, 4) is 0 Å². The number of hydrogen-bond acceptors (Lipinski definition) is 4. The first-order valence-corrected chi connectivity index (χ1v) is 12.0. The predicted molar refractivity (Wildman–Crippen MR) is 114 cm³/mol. The van der Waals surface area contributed by atoms with E-state index in [0.29, 0.717) is 12.0 Å². The minimum absolute atomic E-state index is 0.212. The summed E-state index contributed by atoms with van der Waals surface area (Å²) in [5.41, 5.74) is -0.216. The highest BCUT2D eigenvalue weighted by atomic mass is 32.2. The number of nitrogens with zero attached hydrogens (tertiary/aromatic N) is 2. The Kier molecular flexibility index (Phi) is 10.3. The van der Waals surface area contributed by atoms with Crippen molar-refractivity contribution in [2.24, 2.45) is 11.3 Å². The molecule has 5 nitrogen and oxygen atoms in total. The van der Waals surface area contributed by atoms with Gasteiger partial charge in [0.15, 0.2) is 0 Å². The normalized spacial score (nSPS) is 16.3. The third kappa shape index (κ3) is 10.9. The van der Waals surface area contributed by atoms with Gasteiger partial charge in [0.25, 0.3) is 0 Å². The molecule has 0 aromatic rings. The lowest BCUT2D eigenvalue weighted by Gasteiger charge is -2.41. The van der Waals surface area contributed by atoms with E-state index < -0.39 is 15.6 Å². The van der Waals surface area contributed by atoms with Crippen molar-refractivity contribution in [2.45, 2.75) is 80.3 Å². The Balaban J connectivity index is 5.04. The number of rotatable bonds is 12. The van der Waals surface area contributed by atoms with E-state index in [1.165, 1.54) is 6.26 Å². The lowest BCUT2D eigenvalue weighted by atomic mass is 9.85. The molecule has 2 atom stereocenters. The van der Waals surface area contributed by atoms with E-state index in [9.17, 15) is 8.42 Å². The SMILES string of the molecule is CCN(CC)CCN(CC(C)CC(C)(C)NS(C)(=O)=O)C(C)C(C)(C)C. The molecule has 0 fully saturated rings. The van der Waals surface area contributed by atoms with Gasteiger partial charge in [-0.05, 0) is 51.6 Å². The molecule has 26 heavy (non-hydrogen) atoms. The van der Waals surface area contributed by atoms with Crippen molar-refractivity contribution >= 4 is 10.0 Å². The van der Waals surface area contributed by atoms with Crippen LogP contribution in [0.3, 0.4) is 0 Å². The molecule has 0 aromatic heterocycles. The molecule has 0 rings (SSSR count). The van der Waals surface area contributed by atoms with Crippen LogP contribution < -0.4 is 4.72 Å². The summed E-state index contributed by atoms with van der Waals surface area (Å²) in [6.45, 7) is 25.0. The monoisotopic (exact) mass is 391 g/mol. The minimum Gasteiger partial charge on any atom is -0.303 e. The highest BCUT2D eigenvalue weighted by Crippen LogP contribution is 2.26. The second-order valence-corrected chi connectivity index (χ2v) is 11.4. The molecule has 0 aliphatic rings. The quantitative estimate of drug-likeness (QED) is 0.554. The largest absolute Gasteiger partial charge is 0.303 e. The Morgan fingerprint density at radius 2 is 1.46 bits per heavy atom. The first-order chi connectivity index (χ1) is 11.6. The zero-order valence-electron chi connectivity index (χ0n) is 19.0. The van der Waals surface area contributed by atoms with Gasteiger partial charge in [-0.3, -0.25) is 4.90 Å². The second kappa shape index (κ2) is 10.4. The molecule has 2 unspecified atom stereocenters. The molecular formula is C20H45N3O2S. The van der Waals surface area contributed by atoms with Crippen LogP contribution in [-0.4, -0.2) is 68.8 Å². The van der Waals surface area contributed by atoms with Gasteiger partial charge >= 0.3 is 0 Å².